The Bertz CT molecular complexity index is 526. The molecule has 6 nitrogen and oxygen atoms in total. The molecule has 0 saturated carbocycles. The average Bonchev–Trinajstić information content (AvgIpc) is 2.36. The van der Waals surface area contributed by atoms with Gasteiger partial charge >= 0.3 is 6.03 Å². The molecule has 0 aliphatic rings. The van der Waals surface area contributed by atoms with Gasteiger partial charge < -0.3 is 10.6 Å². The lowest BCUT2D eigenvalue weighted by atomic mass is 10.1. The number of amides is 2. The predicted molar refractivity (Wildman–Crippen MR) is 78.9 cm³/mol. The van der Waals surface area contributed by atoms with Crippen molar-refractivity contribution >= 4 is 16.1 Å². The molecule has 112 valence electrons. The van der Waals surface area contributed by atoms with Crippen LogP contribution in [0.2, 0.25) is 0 Å². The van der Waals surface area contributed by atoms with Crippen LogP contribution in [-0.4, -0.2) is 33.8 Å². The molecule has 0 radical (unpaired) electrons. The first-order valence-corrected chi connectivity index (χ1v) is 8.28. The van der Waals surface area contributed by atoms with E-state index in [4.69, 9.17) is 0 Å². The highest BCUT2D eigenvalue weighted by atomic mass is 32.2. The Morgan fingerprint density at radius 2 is 1.75 bits per heavy atom. The summed E-state index contributed by atoms with van der Waals surface area (Å²) < 4.78 is 24.0. The van der Waals surface area contributed by atoms with Crippen LogP contribution in [0.25, 0.3) is 0 Å². The number of urea groups is 1. The molecule has 7 heteroatoms. The maximum Gasteiger partial charge on any atom is 0.315 e. The van der Waals surface area contributed by atoms with Crippen LogP contribution in [0.4, 0.5) is 4.79 Å². The number of hydrogen-bond donors (Lipinski definition) is 3. The lowest BCUT2D eigenvalue weighted by Crippen LogP contribution is -2.36. The largest absolute Gasteiger partial charge is 0.338 e. The van der Waals surface area contributed by atoms with Crippen molar-refractivity contribution in [1.29, 1.82) is 0 Å². The number of aryl methyl sites for hydroxylation is 1. The second-order valence-electron chi connectivity index (χ2n) is 4.62. The Hall–Kier alpha value is -1.60. The summed E-state index contributed by atoms with van der Waals surface area (Å²) in [5.41, 5.74) is 2.21. The van der Waals surface area contributed by atoms with Crippen molar-refractivity contribution in [1.82, 2.24) is 15.4 Å². The highest BCUT2D eigenvalue weighted by molar-refractivity contribution is 7.88. The zero-order valence-corrected chi connectivity index (χ0v) is 12.6. The van der Waals surface area contributed by atoms with Gasteiger partial charge in [-0.05, 0) is 18.9 Å². The third kappa shape index (κ3) is 7.75. The van der Waals surface area contributed by atoms with Gasteiger partial charge in [-0.1, -0.05) is 29.8 Å². The van der Waals surface area contributed by atoms with Crippen LogP contribution < -0.4 is 15.4 Å². The van der Waals surface area contributed by atoms with Crippen LogP contribution in [0, 0.1) is 6.92 Å². The summed E-state index contributed by atoms with van der Waals surface area (Å²) in [5.74, 6) is 0. The Balaban J connectivity index is 2.13. The van der Waals surface area contributed by atoms with E-state index in [1.165, 1.54) is 5.56 Å². The van der Waals surface area contributed by atoms with Gasteiger partial charge in [-0.3, -0.25) is 0 Å². The molecule has 0 aromatic heterocycles. The van der Waals surface area contributed by atoms with E-state index in [9.17, 15) is 13.2 Å². The SMILES string of the molecule is Cc1ccc(CNC(=O)NCCCNS(C)(=O)=O)cc1. The summed E-state index contributed by atoms with van der Waals surface area (Å²) in [6.45, 7) is 3.21. The van der Waals surface area contributed by atoms with Crippen molar-refractivity contribution in [2.75, 3.05) is 19.3 Å². The van der Waals surface area contributed by atoms with E-state index in [1.54, 1.807) is 0 Å². The van der Waals surface area contributed by atoms with Gasteiger partial charge in [0.25, 0.3) is 0 Å². The molecule has 2 amide bonds. The predicted octanol–water partition coefficient (Wildman–Crippen LogP) is 0.734. The van der Waals surface area contributed by atoms with Gasteiger partial charge in [0.1, 0.15) is 0 Å². The number of sulfonamides is 1. The van der Waals surface area contributed by atoms with Crippen molar-refractivity contribution in [3.05, 3.63) is 35.4 Å². The Kier molecular flexibility index (Phi) is 6.47. The van der Waals surface area contributed by atoms with Gasteiger partial charge in [0, 0.05) is 19.6 Å². The monoisotopic (exact) mass is 299 g/mol. The third-order valence-electron chi connectivity index (χ3n) is 2.58. The Morgan fingerprint density at radius 1 is 1.10 bits per heavy atom. The topological polar surface area (TPSA) is 87.3 Å². The van der Waals surface area contributed by atoms with Gasteiger partial charge in [0.15, 0.2) is 0 Å². The van der Waals surface area contributed by atoms with Crippen LogP contribution >= 0.6 is 0 Å². The number of carbonyl (C=O) groups is 1. The van der Waals surface area contributed by atoms with Gasteiger partial charge in [-0.15, -0.1) is 0 Å². The molecule has 0 aliphatic carbocycles. The van der Waals surface area contributed by atoms with Crippen molar-refractivity contribution in [3.8, 4) is 0 Å². The van der Waals surface area contributed by atoms with E-state index in [2.05, 4.69) is 15.4 Å². The smallest absolute Gasteiger partial charge is 0.315 e. The molecule has 1 rings (SSSR count). The molecular formula is C13H21N3O3S. The Labute approximate surface area is 120 Å². The first-order valence-electron chi connectivity index (χ1n) is 6.39. The highest BCUT2D eigenvalue weighted by Crippen LogP contribution is 2.02. The minimum absolute atomic E-state index is 0.259. The number of nitrogens with one attached hydrogen (secondary N) is 3. The molecule has 0 aliphatic heterocycles. The van der Waals surface area contributed by atoms with E-state index in [0.29, 0.717) is 26.1 Å². The fourth-order valence-corrected chi connectivity index (χ4v) is 2.01. The highest BCUT2D eigenvalue weighted by Gasteiger charge is 2.01. The molecule has 0 bridgehead atoms. The molecule has 20 heavy (non-hydrogen) atoms. The van der Waals surface area contributed by atoms with Crippen molar-refractivity contribution < 1.29 is 13.2 Å². The normalized spacial score (nSPS) is 11.1. The van der Waals surface area contributed by atoms with Gasteiger partial charge in [-0.25, -0.2) is 17.9 Å². The summed E-state index contributed by atoms with van der Waals surface area (Å²) in [6.07, 6.45) is 1.65. The van der Waals surface area contributed by atoms with Gasteiger partial charge in [-0.2, -0.15) is 0 Å². The lowest BCUT2D eigenvalue weighted by Gasteiger charge is -2.08. The Morgan fingerprint density at radius 3 is 2.35 bits per heavy atom. The molecule has 0 unspecified atom stereocenters. The van der Waals surface area contributed by atoms with Crippen LogP contribution in [-0.2, 0) is 16.6 Å². The molecule has 0 saturated heterocycles. The fourth-order valence-electron chi connectivity index (χ4n) is 1.50. The molecule has 3 N–H and O–H groups in total. The van der Waals surface area contributed by atoms with Crippen molar-refractivity contribution in [2.45, 2.75) is 19.9 Å². The van der Waals surface area contributed by atoms with Crippen LogP contribution in [0.5, 0.6) is 0 Å². The summed E-state index contributed by atoms with van der Waals surface area (Å²) in [6, 6.07) is 7.65. The van der Waals surface area contributed by atoms with E-state index < -0.39 is 10.0 Å². The number of hydrogen-bond acceptors (Lipinski definition) is 3. The molecular weight excluding hydrogens is 278 g/mol. The van der Waals surface area contributed by atoms with Crippen molar-refractivity contribution in [2.24, 2.45) is 0 Å². The second kappa shape index (κ2) is 7.86. The lowest BCUT2D eigenvalue weighted by molar-refractivity contribution is 0.240. The first kappa shape index (κ1) is 16.5. The molecule has 0 spiro atoms. The van der Waals surface area contributed by atoms with Crippen molar-refractivity contribution in [3.63, 3.8) is 0 Å². The molecule has 0 heterocycles. The maximum absolute atomic E-state index is 11.5. The summed E-state index contributed by atoms with van der Waals surface area (Å²) >= 11 is 0. The minimum atomic E-state index is -3.15. The summed E-state index contributed by atoms with van der Waals surface area (Å²) in [4.78, 5) is 11.5. The number of carbonyl (C=O) groups excluding carboxylic acids is 1. The van der Waals surface area contributed by atoms with E-state index in [-0.39, 0.29) is 6.03 Å². The first-order chi connectivity index (χ1) is 9.37. The summed E-state index contributed by atoms with van der Waals surface area (Å²) in [7, 11) is -3.15. The van der Waals surface area contributed by atoms with E-state index in [0.717, 1.165) is 11.8 Å². The molecule has 0 fully saturated rings. The van der Waals surface area contributed by atoms with E-state index in [1.807, 2.05) is 31.2 Å². The fraction of sp³-hybridized carbons (Fsp3) is 0.462. The van der Waals surface area contributed by atoms with E-state index >= 15 is 0 Å². The van der Waals surface area contributed by atoms with Crippen LogP contribution in [0.3, 0.4) is 0 Å². The second-order valence-corrected chi connectivity index (χ2v) is 6.45. The quantitative estimate of drug-likeness (QED) is 0.649. The minimum Gasteiger partial charge on any atom is -0.338 e. The maximum atomic E-state index is 11.5. The number of benzene rings is 1. The zero-order chi connectivity index (χ0) is 15.0. The van der Waals surface area contributed by atoms with Crippen LogP contribution in [0.15, 0.2) is 24.3 Å². The van der Waals surface area contributed by atoms with Crippen LogP contribution in [0.1, 0.15) is 17.5 Å². The average molecular weight is 299 g/mol. The number of rotatable bonds is 7. The third-order valence-corrected chi connectivity index (χ3v) is 3.31. The zero-order valence-electron chi connectivity index (χ0n) is 11.8. The van der Waals surface area contributed by atoms with Gasteiger partial charge in [0.2, 0.25) is 10.0 Å². The van der Waals surface area contributed by atoms with Gasteiger partial charge in [0.05, 0.1) is 6.26 Å². The molecule has 1 aromatic rings. The molecule has 1 aromatic carbocycles. The summed E-state index contributed by atoms with van der Waals surface area (Å²) in [5, 5.41) is 5.40. The molecule has 0 atom stereocenters. The standard InChI is InChI=1S/C13H21N3O3S/c1-11-4-6-12(7-5-11)10-15-13(17)14-8-3-9-16-20(2,18)19/h4-7,16H,3,8-10H2,1-2H3,(H2,14,15,17).